The Morgan fingerprint density at radius 2 is 2.00 bits per heavy atom. The van der Waals surface area contributed by atoms with Crippen LogP contribution in [0.15, 0.2) is 24.3 Å². The molecule has 1 saturated heterocycles. The van der Waals surface area contributed by atoms with E-state index in [-0.39, 0.29) is 18.4 Å². The largest absolute Gasteiger partial charge is 0.343 e. The van der Waals surface area contributed by atoms with E-state index in [1.807, 2.05) is 24.0 Å². The van der Waals surface area contributed by atoms with E-state index in [0.717, 1.165) is 25.1 Å². The van der Waals surface area contributed by atoms with Gasteiger partial charge in [-0.25, -0.2) is 0 Å². The molecule has 1 N–H and O–H groups in total. The molecule has 20 heavy (non-hydrogen) atoms. The molecular formula is C16H22N2O2. The molecule has 1 heterocycles. The molecule has 0 spiro atoms. The van der Waals surface area contributed by atoms with Gasteiger partial charge < -0.3 is 10.2 Å². The summed E-state index contributed by atoms with van der Waals surface area (Å²) in [6, 6.07) is 7.34. The predicted molar refractivity (Wildman–Crippen MR) is 78.5 cm³/mol. The topological polar surface area (TPSA) is 49.4 Å². The highest BCUT2D eigenvalue weighted by Gasteiger charge is 2.21. The summed E-state index contributed by atoms with van der Waals surface area (Å²) in [5.41, 5.74) is 1.70. The Hall–Kier alpha value is -1.84. The second kappa shape index (κ2) is 6.55. The number of piperidine rings is 1. The molecule has 1 aliphatic heterocycles. The van der Waals surface area contributed by atoms with E-state index < -0.39 is 0 Å². The molecule has 0 radical (unpaired) electrons. The SMILES string of the molecule is Cc1ccc(C(=O)NCC(=O)N2CCC[C@H](C)C2)cc1. The summed E-state index contributed by atoms with van der Waals surface area (Å²) in [5.74, 6) is 0.376. The van der Waals surface area contributed by atoms with Crippen molar-refractivity contribution in [3.63, 3.8) is 0 Å². The first-order valence-electron chi connectivity index (χ1n) is 7.19. The normalized spacial score (nSPS) is 18.7. The standard InChI is InChI=1S/C16H22N2O2/c1-12-5-7-14(8-6-12)16(20)17-10-15(19)18-9-3-4-13(2)11-18/h5-8,13H,3-4,9-11H2,1-2H3,(H,17,20)/t13-/m0/s1. The molecule has 0 aliphatic carbocycles. The van der Waals surface area contributed by atoms with Gasteiger partial charge in [-0.15, -0.1) is 0 Å². The molecular weight excluding hydrogens is 252 g/mol. The van der Waals surface area contributed by atoms with Gasteiger partial charge in [-0.3, -0.25) is 9.59 Å². The minimum atomic E-state index is -0.191. The number of likely N-dealkylation sites (tertiary alicyclic amines) is 1. The van der Waals surface area contributed by atoms with Gasteiger partial charge in [-0.2, -0.15) is 0 Å². The van der Waals surface area contributed by atoms with Crippen LogP contribution in [-0.2, 0) is 4.79 Å². The Morgan fingerprint density at radius 1 is 1.30 bits per heavy atom. The van der Waals surface area contributed by atoms with Gasteiger partial charge in [0.1, 0.15) is 0 Å². The maximum Gasteiger partial charge on any atom is 0.251 e. The Kier molecular flexibility index (Phi) is 4.77. The van der Waals surface area contributed by atoms with Crippen molar-refractivity contribution < 1.29 is 9.59 Å². The van der Waals surface area contributed by atoms with E-state index in [9.17, 15) is 9.59 Å². The number of benzene rings is 1. The van der Waals surface area contributed by atoms with Gasteiger partial charge in [0, 0.05) is 18.7 Å². The molecule has 4 nitrogen and oxygen atoms in total. The van der Waals surface area contributed by atoms with Crippen LogP contribution in [0.2, 0.25) is 0 Å². The first-order valence-corrected chi connectivity index (χ1v) is 7.19. The summed E-state index contributed by atoms with van der Waals surface area (Å²) < 4.78 is 0. The van der Waals surface area contributed by atoms with Crippen LogP contribution < -0.4 is 5.32 Å². The molecule has 0 unspecified atom stereocenters. The van der Waals surface area contributed by atoms with Gasteiger partial charge in [0.05, 0.1) is 6.54 Å². The molecule has 1 aliphatic rings. The fourth-order valence-corrected chi connectivity index (χ4v) is 2.49. The van der Waals surface area contributed by atoms with Gasteiger partial charge in [0.15, 0.2) is 0 Å². The van der Waals surface area contributed by atoms with Gasteiger partial charge in [-0.1, -0.05) is 24.6 Å². The van der Waals surface area contributed by atoms with E-state index in [4.69, 9.17) is 0 Å². The number of hydrogen-bond acceptors (Lipinski definition) is 2. The van der Waals surface area contributed by atoms with Crippen LogP contribution in [0, 0.1) is 12.8 Å². The zero-order valence-corrected chi connectivity index (χ0v) is 12.2. The van der Waals surface area contributed by atoms with Crippen molar-refractivity contribution in [3.05, 3.63) is 35.4 Å². The molecule has 0 aromatic heterocycles. The third-order valence-corrected chi connectivity index (χ3v) is 3.72. The Morgan fingerprint density at radius 3 is 2.65 bits per heavy atom. The van der Waals surface area contributed by atoms with Gasteiger partial charge >= 0.3 is 0 Å². The van der Waals surface area contributed by atoms with Crippen molar-refractivity contribution in [2.45, 2.75) is 26.7 Å². The average Bonchev–Trinajstić information content (AvgIpc) is 2.45. The lowest BCUT2D eigenvalue weighted by atomic mass is 10.0. The van der Waals surface area contributed by atoms with E-state index in [0.29, 0.717) is 11.5 Å². The number of amides is 2. The second-order valence-corrected chi connectivity index (χ2v) is 5.64. The second-order valence-electron chi connectivity index (χ2n) is 5.64. The first-order chi connectivity index (χ1) is 9.56. The molecule has 2 rings (SSSR count). The predicted octanol–water partition coefficient (Wildman–Crippen LogP) is 1.98. The summed E-state index contributed by atoms with van der Waals surface area (Å²) in [7, 11) is 0. The number of hydrogen-bond donors (Lipinski definition) is 1. The lowest BCUT2D eigenvalue weighted by Gasteiger charge is -2.31. The van der Waals surface area contributed by atoms with Crippen LogP contribution in [0.3, 0.4) is 0 Å². The molecule has 1 fully saturated rings. The van der Waals surface area contributed by atoms with Crippen LogP contribution in [-0.4, -0.2) is 36.3 Å². The van der Waals surface area contributed by atoms with Gasteiger partial charge in [0.2, 0.25) is 5.91 Å². The monoisotopic (exact) mass is 274 g/mol. The maximum absolute atomic E-state index is 12.0. The molecule has 1 atom stereocenters. The zero-order valence-electron chi connectivity index (χ0n) is 12.2. The summed E-state index contributed by atoms with van der Waals surface area (Å²) >= 11 is 0. The number of nitrogens with zero attached hydrogens (tertiary/aromatic N) is 1. The van der Waals surface area contributed by atoms with E-state index in [1.165, 1.54) is 6.42 Å². The molecule has 1 aromatic carbocycles. The number of aryl methyl sites for hydroxylation is 1. The van der Waals surface area contributed by atoms with Crippen molar-refractivity contribution in [2.75, 3.05) is 19.6 Å². The highest BCUT2D eigenvalue weighted by molar-refractivity contribution is 5.96. The number of carbonyl (C=O) groups is 2. The maximum atomic E-state index is 12.0. The van der Waals surface area contributed by atoms with E-state index >= 15 is 0 Å². The molecule has 0 bridgehead atoms. The lowest BCUT2D eigenvalue weighted by molar-refractivity contribution is -0.131. The lowest BCUT2D eigenvalue weighted by Crippen LogP contribution is -2.44. The van der Waals surface area contributed by atoms with Crippen molar-refractivity contribution in [1.82, 2.24) is 10.2 Å². The third kappa shape index (κ3) is 3.83. The summed E-state index contributed by atoms with van der Waals surface area (Å²) in [6.45, 7) is 5.83. The van der Waals surface area contributed by atoms with Crippen molar-refractivity contribution in [2.24, 2.45) is 5.92 Å². The van der Waals surface area contributed by atoms with E-state index in [1.54, 1.807) is 12.1 Å². The molecule has 4 heteroatoms. The van der Waals surface area contributed by atoms with Crippen LogP contribution in [0.1, 0.15) is 35.7 Å². The van der Waals surface area contributed by atoms with Crippen molar-refractivity contribution >= 4 is 11.8 Å². The molecule has 2 amide bonds. The van der Waals surface area contributed by atoms with Crippen LogP contribution in [0.4, 0.5) is 0 Å². The third-order valence-electron chi connectivity index (χ3n) is 3.72. The number of rotatable bonds is 3. The fraction of sp³-hybridized carbons (Fsp3) is 0.500. The number of carbonyl (C=O) groups excluding carboxylic acids is 2. The van der Waals surface area contributed by atoms with Crippen molar-refractivity contribution in [1.29, 1.82) is 0 Å². The van der Waals surface area contributed by atoms with Crippen LogP contribution in [0.25, 0.3) is 0 Å². The smallest absolute Gasteiger partial charge is 0.251 e. The summed E-state index contributed by atoms with van der Waals surface area (Å²) in [4.78, 5) is 25.8. The van der Waals surface area contributed by atoms with Crippen LogP contribution in [0.5, 0.6) is 0 Å². The minimum absolute atomic E-state index is 0.0111. The molecule has 0 saturated carbocycles. The highest BCUT2D eigenvalue weighted by Crippen LogP contribution is 2.15. The first kappa shape index (κ1) is 14.6. The quantitative estimate of drug-likeness (QED) is 0.916. The van der Waals surface area contributed by atoms with Crippen molar-refractivity contribution in [3.8, 4) is 0 Å². The fourth-order valence-electron chi connectivity index (χ4n) is 2.49. The molecule has 108 valence electrons. The Balaban J connectivity index is 1.83. The zero-order chi connectivity index (χ0) is 14.5. The average molecular weight is 274 g/mol. The van der Waals surface area contributed by atoms with Gasteiger partial charge in [0.25, 0.3) is 5.91 Å². The molecule has 1 aromatic rings. The van der Waals surface area contributed by atoms with Gasteiger partial charge in [-0.05, 0) is 37.8 Å². The minimum Gasteiger partial charge on any atom is -0.343 e. The summed E-state index contributed by atoms with van der Waals surface area (Å²) in [5, 5.41) is 2.70. The highest BCUT2D eigenvalue weighted by atomic mass is 16.2. The number of nitrogens with one attached hydrogen (secondary N) is 1. The Labute approximate surface area is 120 Å². The van der Waals surface area contributed by atoms with Crippen LogP contribution >= 0.6 is 0 Å². The summed E-state index contributed by atoms with van der Waals surface area (Å²) in [6.07, 6.45) is 2.23. The van der Waals surface area contributed by atoms with E-state index in [2.05, 4.69) is 12.2 Å². The Bertz CT molecular complexity index is 482.